The quantitative estimate of drug-likeness (QED) is 0.776. The van der Waals surface area contributed by atoms with Crippen molar-refractivity contribution in [3.63, 3.8) is 0 Å². The van der Waals surface area contributed by atoms with Crippen LogP contribution in [0.1, 0.15) is 36.5 Å². The first kappa shape index (κ1) is 13.0. The summed E-state index contributed by atoms with van der Waals surface area (Å²) in [6, 6.07) is 4.52. The summed E-state index contributed by atoms with van der Waals surface area (Å²) in [7, 11) is 1.33. The Balaban J connectivity index is 2.24. The molecule has 0 spiro atoms. The zero-order chi connectivity index (χ0) is 13.0. The molecule has 0 aromatic heterocycles. The van der Waals surface area contributed by atoms with Gasteiger partial charge in [0, 0.05) is 6.61 Å². The summed E-state index contributed by atoms with van der Waals surface area (Å²) in [6.45, 7) is 0.722. The predicted octanol–water partition coefficient (Wildman–Crippen LogP) is 2.78. The Morgan fingerprint density at radius 3 is 3.00 bits per heavy atom. The zero-order valence-corrected chi connectivity index (χ0v) is 10.4. The first-order chi connectivity index (χ1) is 8.70. The SMILES string of the molecule is COC(=O)Cc1cc(F)ccc1[C@@H]1CCCCO1. The number of hydrogen-bond acceptors (Lipinski definition) is 3. The highest BCUT2D eigenvalue weighted by Gasteiger charge is 2.20. The lowest BCUT2D eigenvalue weighted by Crippen LogP contribution is -2.15. The van der Waals surface area contributed by atoms with E-state index in [2.05, 4.69) is 4.74 Å². The third-order valence-corrected chi connectivity index (χ3v) is 3.19. The molecular formula is C14H17FO3. The molecule has 0 aliphatic carbocycles. The van der Waals surface area contributed by atoms with Gasteiger partial charge in [-0.15, -0.1) is 0 Å². The highest BCUT2D eigenvalue weighted by atomic mass is 19.1. The summed E-state index contributed by atoms with van der Waals surface area (Å²) in [5.41, 5.74) is 1.57. The number of esters is 1. The minimum Gasteiger partial charge on any atom is -0.469 e. The number of carbonyl (C=O) groups excluding carboxylic acids is 1. The topological polar surface area (TPSA) is 35.5 Å². The summed E-state index contributed by atoms with van der Waals surface area (Å²) in [6.07, 6.45) is 3.13. The Morgan fingerprint density at radius 1 is 1.50 bits per heavy atom. The Hall–Kier alpha value is -1.42. The van der Waals surface area contributed by atoms with Gasteiger partial charge in [0.15, 0.2) is 0 Å². The molecule has 0 amide bonds. The molecule has 1 aliphatic rings. The van der Waals surface area contributed by atoms with E-state index in [1.807, 2.05) is 0 Å². The molecule has 1 fully saturated rings. The van der Waals surface area contributed by atoms with E-state index in [-0.39, 0.29) is 24.3 Å². The second-order valence-corrected chi connectivity index (χ2v) is 4.45. The number of ether oxygens (including phenoxy) is 2. The van der Waals surface area contributed by atoms with Gasteiger partial charge in [0.25, 0.3) is 0 Å². The highest BCUT2D eigenvalue weighted by molar-refractivity contribution is 5.73. The highest BCUT2D eigenvalue weighted by Crippen LogP contribution is 2.30. The van der Waals surface area contributed by atoms with Gasteiger partial charge in [-0.1, -0.05) is 6.07 Å². The second-order valence-electron chi connectivity index (χ2n) is 4.45. The van der Waals surface area contributed by atoms with Crippen molar-refractivity contribution in [2.24, 2.45) is 0 Å². The van der Waals surface area contributed by atoms with Crippen molar-refractivity contribution in [3.8, 4) is 0 Å². The molecule has 1 aromatic rings. The van der Waals surface area contributed by atoms with Gasteiger partial charge in [0.05, 0.1) is 19.6 Å². The summed E-state index contributed by atoms with van der Waals surface area (Å²) in [5, 5.41) is 0. The van der Waals surface area contributed by atoms with Crippen LogP contribution in [0.3, 0.4) is 0 Å². The maximum atomic E-state index is 13.3. The van der Waals surface area contributed by atoms with Crippen LogP contribution in [0.4, 0.5) is 4.39 Å². The smallest absolute Gasteiger partial charge is 0.309 e. The fourth-order valence-electron chi connectivity index (χ4n) is 2.26. The Labute approximate surface area is 106 Å². The van der Waals surface area contributed by atoms with Gasteiger partial charge >= 0.3 is 5.97 Å². The molecular weight excluding hydrogens is 235 g/mol. The number of hydrogen-bond donors (Lipinski definition) is 0. The molecule has 2 rings (SSSR count). The fraction of sp³-hybridized carbons (Fsp3) is 0.500. The molecule has 18 heavy (non-hydrogen) atoms. The van der Waals surface area contributed by atoms with E-state index < -0.39 is 0 Å². The maximum absolute atomic E-state index is 13.3. The van der Waals surface area contributed by atoms with Crippen molar-refractivity contribution in [3.05, 3.63) is 35.1 Å². The lowest BCUT2D eigenvalue weighted by molar-refractivity contribution is -0.139. The van der Waals surface area contributed by atoms with Crippen LogP contribution in [0.15, 0.2) is 18.2 Å². The van der Waals surface area contributed by atoms with Gasteiger partial charge in [-0.2, -0.15) is 0 Å². The second kappa shape index (κ2) is 5.96. The van der Waals surface area contributed by atoms with Gasteiger partial charge in [-0.3, -0.25) is 4.79 Å². The van der Waals surface area contributed by atoms with Crippen molar-refractivity contribution in [1.29, 1.82) is 0 Å². The van der Waals surface area contributed by atoms with Crippen molar-refractivity contribution in [2.75, 3.05) is 13.7 Å². The minimum absolute atomic E-state index is 0.0287. The zero-order valence-electron chi connectivity index (χ0n) is 10.4. The van der Waals surface area contributed by atoms with Crippen molar-refractivity contribution in [1.82, 2.24) is 0 Å². The lowest BCUT2D eigenvalue weighted by Gasteiger charge is -2.24. The number of carbonyl (C=O) groups is 1. The maximum Gasteiger partial charge on any atom is 0.309 e. The van der Waals surface area contributed by atoms with Crippen LogP contribution in [0.25, 0.3) is 0 Å². The average Bonchev–Trinajstić information content (AvgIpc) is 2.40. The van der Waals surface area contributed by atoms with Gasteiger partial charge in [-0.05, 0) is 42.5 Å². The van der Waals surface area contributed by atoms with E-state index in [0.717, 1.165) is 31.4 Å². The largest absolute Gasteiger partial charge is 0.469 e. The van der Waals surface area contributed by atoms with Gasteiger partial charge in [0.2, 0.25) is 0 Å². The molecule has 0 saturated carbocycles. The Bertz CT molecular complexity index is 425. The van der Waals surface area contributed by atoms with Gasteiger partial charge in [-0.25, -0.2) is 4.39 Å². The molecule has 4 heteroatoms. The van der Waals surface area contributed by atoms with E-state index in [0.29, 0.717) is 5.56 Å². The Kier molecular flexibility index (Phi) is 4.31. The molecule has 1 aliphatic heterocycles. The number of halogens is 1. The molecule has 0 bridgehead atoms. The van der Waals surface area contributed by atoms with Crippen LogP contribution >= 0.6 is 0 Å². The first-order valence-corrected chi connectivity index (χ1v) is 6.17. The van der Waals surface area contributed by atoms with Crippen molar-refractivity contribution >= 4 is 5.97 Å². The van der Waals surface area contributed by atoms with Crippen LogP contribution in [0, 0.1) is 5.82 Å². The van der Waals surface area contributed by atoms with Gasteiger partial charge < -0.3 is 9.47 Å². The average molecular weight is 252 g/mol. The first-order valence-electron chi connectivity index (χ1n) is 6.17. The van der Waals surface area contributed by atoms with Crippen LogP contribution in [0.5, 0.6) is 0 Å². The molecule has 1 atom stereocenters. The van der Waals surface area contributed by atoms with Crippen LogP contribution in [-0.2, 0) is 20.7 Å². The van der Waals surface area contributed by atoms with E-state index in [1.54, 1.807) is 6.07 Å². The predicted molar refractivity (Wildman–Crippen MR) is 64.7 cm³/mol. The van der Waals surface area contributed by atoms with E-state index in [1.165, 1.54) is 19.2 Å². The van der Waals surface area contributed by atoms with Crippen molar-refractivity contribution < 1.29 is 18.7 Å². The number of methoxy groups -OCH3 is 1. The van der Waals surface area contributed by atoms with E-state index >= 15 is 0 Å². The summed E-state index contributed by atoms with van der Waals surface area (Å²) in [4.78, 5) is 11.3. The molecule has 0 radical (unpaired) electrons. The lowest BCUT2D eigenvalue weighted by atomic mass is 9.95. The summed E-state index contributed by atoms with van der Waals surface area (Å²) < 4.78 is 23.6. The minimum atomic E-state index is -0.363. The molecule has 98 valence electrons. The number of benzene rings is 1. The van der Waals surface area contributed by atoms with Crippen LogP contribution in [0.2, 0.25) is 0 Å². The summed E-state index contributed by atoms with van der Waals surface area (Å²) in [5.74, 6) is -0.703. The normalized spacial score (nSPS) is 19.6. The number of rotatable bonds is 3. The van der Waals surface area contributed by atoms with Crippen LogP contribution < -0.4 is 0 Å². The molecule has 0 unspecified atom stereocenters. The molecule has 1 heterocycles. The molecule has 3 nitrogen and oxygen atoms in total. The van der Waals surface area contributed by atoms with Crippen molar-refractivity contribution in [2.45, 2.75) is 31.8 Å². The molecule has 1 aromatic carbocycles. The summed E-state index contributed by atoms with van der Waals surface area (Å²) >= 11 is 0. The monoisotopic (exact) mass is 252 g/mol. The van der Waals surface area contributed by atoms with Gasteiger partial charge in [0.1, 0.15) is 5.82 Å². The van der Waals surface area contributed by atoms with E-state index in [9.17, 15) is 9.18 Å². The fourth-order valence-corrected chi connectivity index (χ4v) is 2.26. The third-order valence-electron chi connectivity index (χ3n) is 3.19. The Morgan fingerprint density at radius 2 is 2.33 bits per heavy atom. The molecule has 0 N–H and O–H groups in total. The third kappa shape index (κ3) is 3.07. The molecule has 1 saturated heterocycles. The van der Waals surface area contributed by atoms with E-state index in [4.69, 9.17) is 4.74 Å². The van der Waals surface area contributed by atoms with Crippen LogP contribution in [-0.4, -0.2) is 19.7 Å². The standard InChI is InChI=1S/C14H17FO3/c1-17-14(16)9-10-8-11(15)5-6-12(10)13-4-2-3-7-18-13/h5-6,8,13H,2-4,7,9H2,1H3/t13-/m0/s1.